The van der Waals surface area contributed by atoms with Crippen molar-refractivity contribution in [2.45, 2.75) is 31.8 Å². The van der Waals surface area contributed by atoms with Gasteiger partial charge in [0, 0.05) is 6.92 Å². The first-order valence-corrected chi connectivity index (χ1v) is 10.9. The highest BCUT2D eigenvalue weighted by atomic mass is 32.2. The van der Waals surface area contributed by atoms with E-state index >= 15 is 0 Å². The van der Waals surface area contributed by atoms with Crippen molar-refractivity contribution in [3.8, 4) is 0 Å². The number of carbonyl (C=O) groups excluding carboxylic acids is 2. The van der Waals surface area contributed by atoms with Crippen LogP contribution >= 0.6 is 0 Å². The number of ether oxygens (including phenoxy) is 1. The van der Waals surface area contributed by atoms with Gasteiger partial charge in [-0.1, -0.05) is 6.07 Å². The molecule has 0 radical (unpaired) electrons. The third kappa shape index (κ3) is 4.66. The summed E-state index contributed by atoms with van der Waals surface area (Å²) >= 11 is 0. The molecule has 0 spiro atoms. The molecule has 0 bridgehead atoms. The first-order valence-electron chi connectivity index (χ1n) is 9.06. The lowest BCUT2D eigenvalue weighted by Gasteiger charge is -2.23. The van der Waals surface area contributed by atoms with E-state index in [-0.39, 0.29) is 36.2 Å². The number of hydrogen-bond donors (Lipinski definition) is 1. The highest BCUT2D eigenvalue weighted by Crippen LogP contribution is 2.33. The molecule has 0 aromatic heterocycles. The fourth-order valence-corrected chi connectivity index (χ4v) is 5.08. The molecule has 3 rings (SSSR count). The van der Waals surface area contributed by atoms with Crippen LogP contribution in [0.1, 0.15) is 31.2 Å². The molecule has 9 nitrogen and oxygen atoms in total. The van der Waals surface area contributed by atoms with Crippen LogP contribution in [0.25, 0.3) is 0 Å². The van der Waals surface area contributed by atoms with Crippen LogP contribution in [0.15, 0.2) is 18.2 Å². The summed E-state index contributed by atoms with van der Waals surface area (Å²) in [7, 11) is -3.06. The summed E-state index contributed by atoms with van der Waals surface area (Å²) in [6.07, 6.45) is -2.38. The Kier molecular flexibility index (Phi) is 5.78. The standard InChI is InChI=1S/C18H21FN2O7S/c1-11(22)20(17(23)24)9-14-10-21(18(25)28-14)13-2-3-15(16(19)8-13)12-4-6-29(26,27)7-5-12/h2-3,8,12,14H,4-7,9-10H2,1H3,(H,23,24). The van der Waals surface area contributed by atoms with Crippen molar-refractivity contribution in [1.82, 2.24) is 4.90 Å². The number of benzene rings is 1. The second-order valence-corrected chi connectivity index (χ2v) is 9.46. The number of carbonyl (C=O) groups is 3. The van der Waals surface area contributed by atoms with Gasteiger partial charge in [0.15, 0.2) is 0 Å². The summed E-state index contributed by atoms with van der Waals surface area (Å²) in [5.74, 6) is -1.40. The Morgan fingerprint density at radius 3 is 2.52 bits per heavy atom. The molecule has 1 N–H and O–H groups in total. The first-order chi connectivity index (χ1) is 13.6. The summed E-state index contributed by atoms with van der Waals surface area (Å²) in [5.41, 5.74) is 0.647. The largest absolute Gasteiger partial charge is 0.465 e. The molecule has 3 amide bonds. The number of carboxylic acid groups (broad SMARTS) is 1. The molecule has 1 unspecified atom stereocenters. The van der Waals surface area contributed by atoms with Gasteiger partial charge >= 0.3 is 12.2 Å². The number of cyclic esters (lactones) is 1. The fourth-order valence-electron chi connectivity index (χ4n) is 3.59. The van der Waals surface area contributed by atoms with Gasteiger partial charge in [-0.2, -0.15) is 0 Å². The number of sulfone groups is 1. The number of rotatable bonds is 4. The van der Waals surface area contributed by atoms with Gasteiger partial charge in [-0.25, -0.2) is 27.3 Å². The molecule has 0 saturated carbocycles. The van der Waals surface area contributed by atoms with E-state index in [1.54, 1.807) is 6.07 Å². The van der Waals surface area contributed by atoms with E-state index in [2.05, 4.69) is 0 Å². The van der Waals surface area contributed by atoms with Crippen molar-refractivity contribution in [1.29, 1.82) is 0 Å². The summed E-state index contributed by atoms with van der Waals surface area (Å²) in [4.78, 5) is 36.3. The Balaban J connectivity index is 1.71. The molecule has 0 aliphatic carbocycles. The summed E-state index contributed by atoms with van der Waals surface area (Å²) in [5, 5.41) is 9.04. The first kappa shape index (κ1) is 21.0. The number of nitrogens with zero attached hydrogens (tertiary/aromatic N) is 2. The smallest absolute Gasteiger partial charge is 0.414 e. The van der Waals surface area contributed by atoms with E-state index < -0.39 is 39.9 Å². The second kappa shape index (κ2) is 7.97. The van der Waals surface area contributed by atoms with Gasteiger partial charge in [-0.05, 0) is 36.5 Å². The molecule has 11 heteroatoms. The van der Waals surface area contributed by atoms with Crippen molar-refractivity contribution >= 4 is 33.6 Å². The zero-order chi connectivity index (χ0) is 21.3. The maximum Gasteiger partial charge on any atom is 0.414 e. The van der Waals surface area contributed by atoms with Crippen molar-refractivity contribution in [2.75, 3.05) is 29.5 Å². The van der Waals surface area contributed by atoms with Crippen molar-refractivity contribution in [2.24, 2.45) is 0 Å². The monoisotopic (exact) mass is 428 g/mol. The fraction of sp³-hybridized carbons (Fsp3) is 0.500. The average Bonchev–Trinajstić information content (AvgIpc) is 3.00. The highest BCUT2D eigenvalue weighted by molar-refractivity contribution is 7.91. The Bertz CT molecular complexity index is 922. The van der Waals surface area contributed by atoms with Crippen LogP contribution in [0.3, 0.4) is 0 Å². The van der Waals surface area contributed by atoms with Crippen LogP contribution in [0.4, 0.5) is 19.7 Å². The molecule has 158 valence electrons. The zero-order valence-electron chi connectivity index (χ0n) is 15.7. The van der Waals surface area contributed by atoms with Gasteiger partial charge in [0.25, 0.3) is 0 Å². The Hall–Kier alpha value is -2.69. The van der Waals surface area contributed by atoms with E-state index in [1.807, 2.05) is 0 Å². The molecular weight excluding hydrogens is 407 g/mol. The van der Waals surface area contributed by atoms with E-state index in [9.17, 15) is 27.2 Å². The van der Waals surface area contributed by atoms with Crippen molar-refractivity contribution in [3.05, 3.63) is 29.6 Å². The van der Waals surface area contributed by atoms with Gasteiger partial charge in [0.05, 0.1) is 30.3 Å². The van der Waals surface area contributed by atoms with Crippen LogP contribution in [0.2, 0.25) is 0 Å². The van der Waals surface area contributed by atoms with Crippen LogP contribution in [-0.4, -0.2) is 67.2 Å². The van der Waals surface area contributed by atoms with Crippen LogP contribution in [0.5, 0.6) is 0 Å². The second-order valence-electron chi connectivity index (χ2n) is 7.16. The molecular formula is C18H21FN2O7S. The van der Waals surface area contributed by atoms with E-state index in [0.717, 1.165) is 6.92 Å². The van der Waals surface area contributed by atoms with Crippen LogP contribution in [0, 0.1) is 5.82 Å². The van der Waals surface area contributed by atoms with Gasteiger partial charge in [0.2, 0.25) is 5.91 Å². The van der Waals surface area contributed by atoms with Gasteiger partial charge in [-0.3, -0.25) is 9.69 Å². The van der Waals surface area contributed by atoms with E-state index in [0.29, 0.717) is 23.3 Å². The predicted molar refractivity (Wildman–Crippen MR) is 100 cm³/mol. The predicted octanol–water partition coefficient (Wildman–Crippen LogP) is 1.97. The summed E-state index contributed by atoms with van der Waals surface area (Å²) in [6.45, 7) is 0.744. The van der Waals surface area contributed by atoms with Crippen molar-refractivity contribution in [3.63, 3.8) is 0 Å². The third-order valence-corrected chi connectivity index (χ3v) is 6.88. The van der Waals surface area contributed by atoms with E-state index in [4.69, 9.17) is 9.84 Å². The SMILES string of the molecule is CC(=O)N(CC1CN(c2ccc(C3CCS(=O)(=O)CC3)c(F)c2)C(=O)O1)C(=O)O. The number of amides is 3. The number of imide groups is 1. The highest BCUT2D eigenvalue weighted by Gasteiger charge is 2.36. The van der Waals surface area contributed by atoms with Crippen molar-refractivity contribution < 1.29 is 37.0 Å². The van der Waals surface area contributed by atoms with Gasteiger partial charge in [0.1, 0.15) is 21.8 Å². The third-order valence-electron chi connectivity index (χ3n) is 5.16. The normalized spacial score (nSPS) is 21.7. The molecule has 2 saturated heterocycles. The number of hydrogen-bond acceptors (Lipinski definition) is 6. The lowest BCUT2D eigenvalue weighted by atomic mass is 9.93. The summed E-state index contributed by atoms with van der Waals surface area (Å²) < 4.78 is 42.9. The molecule has 29 heavy (non-hydrogen) atoms. The van der Waals surface area contributed by atoms with Crippen LogP contribution < -0.4 is 4.90 Å². The maximum atomic E-state index is 14.7. The van der Waals surface area contributed by atoms with Gasteiger partial charge < -0.3 is 9.84 Å². The topological polar surface area (TPSA) is 121 Å². The Morgan fingerprint density at radius 1 is 1.31 bits per heavy atom. The Morgan fingerprint density at radius 2 is 1.97 bits per heavy atom. The number of halogens is 1. The maximum absolute atomic E-state index is 14.7. The summed E-state index contributed by atoms with van der Waals surface area (Å²) in [6, 6.07) is 4.26. The minimum absolute atomic E-state index is 0.0230. The molecule has 2 aliphatic heterocycles. The average molecular weight is 428 g/mol. The molecule has 1 aromatic carbocycles. The molecule has 2 aliphatic rings. The quantitative estimate of drug-likeness (QED) is 0.778. The lowest BCUT2D eigenvalue weighted by molar-refractivity contribution is -0.127. The molecule has 2 fully saturated rings. The van der Waals surface area contributed by atoms with Crippen LogP contribution in [-0.2, 0) is 19.4 Å². The lowest BCUT2D eigenvalue weighted by Crippen LogP contribution is -2.41. The minimum atomic E-state index is -3.06. The Labute approximate surface area is 167 Å². The molecule has 2 heterocycles. The number of anilines is 1. The zero-order valence-corrected chi connectivity index (χ0v) is 16.5. The molecule has 1 atom stereocenters. The van der Waals surface area contributed by atoms with E-state index in [1.165, 1.54) is 17.0 Å². The minimum Gasteiger partial charge on any atom is -0.465 e. The van der Waals surface area contributed by atoms with Gasteiger partial charge in [-0.15, -0.1) is 0 Å². The molecule has 1 aromatic rings.